The number of carbonyl (C=O) groups is 2. The molecule has 0 atom stereocenters. The number of rotatable bonds is 5. The van der Waals surface area contributed by atoms with E-state index in [0.717, 1.165) is 11.8 Å². The van der Waals surface area contributed by atoms with Crippen LogP contribution in [-0.4, -0.2) is 35.5 Å². The predicted octanol–water partition coefficient (Wildman–Crippen LogP) is 4.12. The summed E-state index contributed by atoms with van der Waals surface area (Å²) < 4.78 is 10.9. The Morgan fingerprint density at radius 2 is 1.93 bits per heavy atom. The van der Waals surface area contributed by atoms with Gasteiger partial charge in [0.05, 0.1) is 30.4 Å². The summed E-state index contributed by atoms with van der Waals surface area (Å²) in [5.74, 6) is -0.160. The molecular weight excluding hydrogens is 398 g/mol. The Morgan fingerprint density at radius 1 is 1.18 bits per heavy atom. The highest BCUT2D eigenvalue weighted by molar-refractivity contribution is 8.27. The molecule has 0 aliphatic carbocycles. The van der Waals surface area contributed by atoms with Crippen LogP contribution in [0.15, 0.2) is 41.3 Å². The highest BCUT2D eigenvalue weighted by atomic mass is 32.2. The highest BCUT2D eigenvalue weighted by Gasteiger charge is 2.34. The fourth-order valence-corrected chi connectivity index (χ4v) is 4.04. The zero-order valence-corrected chi connectivity index (χ0v) is 17.0. The maximum atomic E-state index is 12.9. The maximum Gasteiger partial charge on any atom is 0.336 e. The molecule has 8 heteroatoms. The Kier molecular flexibility index (Phi) is 5.71. The molecular formula is C20H17NO5S2. The summed E-state index contributed by atoms with van der Waals surface area (Å²) in [6.07, 6.45) is 1.70. The molecule has 0 radical (unpaired) electrons. The number of carbonyl (C=O) groups excluding carboxylic acids is 1. The lowest BCUT2D eigenvalue weighted by Gasteiger charge is -2.16. The highest BCUT2D eigenvalue weighted by Crippen LogP contribution is 2.38. The summed E-state index contributed by atoms with van der Waals surface area (Å²) in [5, 5.41) is 9.33. The van der Waals surface area contributed by atoms with Gasteiger partial charge < -0.3 is 14.6 Å². The topological polar surface area (TPSA) is 76.1 Å². The number of benzene rings is 2. The number of hydrogen-bond acceptors (Lipinski definition) is 6. The summed E-state index contributed by atoms with van der Waals surface area (Å²) in [6, 6.07) is 10.1. The molecule has 1 saturated heterocycles. The number of amides is 1. The molecule has 0 aromatic heterocycles. The van der Waals surface area contributed by atoms with E-state index in [1.165, 1.54) is 18.1 Å². The number of thioether (sulfide) groups is 1. The first-order valence-corrected chi connectivity index (χ1v) is 9.42. The minimum atomic E-state index is -1.05. The molecule has 1 aliphatic heterocycles. The molecule has 0 saturated carbocycles. The fourth-order valence-electron chi connectivity index (χ4n) is 2.75. The normalized spacial score (nSPS) is 15.2. The van der Waals surface area contributed by atoms with E-state index in [-0.39, 0.29) is 11.5 Å². The molecule has 1 heterocycles. The Morgan fingerprint density at radius 3 is 2.57 bits per heavy atom. The molecule has 144 valence electrons. The van der Waals surface area contributed by atoms with Crippen LogP contribution in [0.25, 0.3) is 6.08 Å². The summed E-state index contributed by atoms with van der Waals surface area (Å²) in [7, 11) is 3.10. The molecule has 2 aromatic carbocycles. The van der Waals surface area contributed by atoms with Crippen molar-refractivity contribution in [1.82, 2.24) is 0 Å². The van der Waals surface area contributed by atoms with Gasteiger partial charge in [-0.05, 0) is 42.8 Å². The predicted molar refractivity (Wildman–Crippen MR) is 113 cm³/mol. The van der Waals surface area contributed by atoms with Crippen LogP contribution >= 0.6 is 24.0 Å². The van der Waals surface area contributed by atoms with E-state index in [2.05, 4.69) is 0 Å². The van der Waals surface area contributed by atoms with E-state index in [4.69, 9.17) is 21.7 Å². The third kappa shape index (κ3) is 3.74. The lowest BCUT2D eigenvalue weighted by atomic mass is 10.1. The summed E-state index contributed by atoms with van der Waals surface area (Å²) in [6.45, 7) is 1.70. The van der Waals surface area contributed by atoms with Crippen molar-refractivity contribution in [3.8, 4) is 11.5 Å². The van der Waals surface area contributed by atoms with Crippen molar-refractivity contribution in [1.29, 1.82) is 0 Å². The average Bonchev–Trinajstić information content (AvgIpc) is 2.95. The van der Waals surface area contributed by atoms with Crippen molar-refractivity contribution >= 4 is 51.9 Å². The molecule has 0 unspecified atom stereocenters. The number of carboxylic acid groups (broad SMARTS) is 1. The number of aromatic carboxylic acids is 1. The van der Waals surface area contributed by atoms with Gasteiger partial charge in [0, 0.05) is 11.6 Å². The van der Waals surface area contributed by atoms with E-state index in [1.807, 2.05) is 0 Å². The maximum absolute atomic E-state index is 12.9. The van der Waals surface area contributed by atoms with Gasteiger partial charge in [-0.1, -0.05) is 30.0 Å². The first kappa shape index (κ1) is 19.9. The van der Waals surface area contributed by atoms with Gasteiger partial charge in [0.15, 0.2) is 4.32 Å². The van der Waals surface area contributed by atoms with Gasteiger partial charge in [0.25, 0.3) is 5.91 Å². The minimum absolute atomic E-state index is 0.132. The number of anilines is 1. The van der Waals surface area contributed by atoms with Crippen molar-refractivity contribution in [3.05, 3.63) is 58.0 Å². The summed E-state index contributed by atoms with van der Waals surface area (Å²) in [4.78, 5) is 26.1. The molecule has 1 fully saturated rings. The Labute approximate surface area is 171 Å². The average molecular weight is 415 g/mol. The van der Waals surface area contributed by atoms with Crippen LogP contribution in [0, 0.1) is 6.92 Å². The Hall–Kier alpha value is -2.84. The van der Waals surface area contributed by atoms with Gasteiger partial charge in [-0.25, -0.2) is 4.79 Å². The second kappa shape index (κ2) is 8.04. The SMILES string of the molecule is COc1ccc(/C=C2\SC(=S)N(c3ccc(C)c(C(=O)O)c3)C2=O)c(OC)c1. The fraction of sp³-hybridized carbons (Fsp3) is 0.150. The van der Waals surface area contributed by atoms with Crippen molar-refractivity contribution in [3.63, 3.8) is 0 Å². The molecule has 1 N–H and O–H groups in total. The molecule has 3 rings (SSSR count). The quantitative estimate of drug-likeness (QED) is 0.582. The number of carboxylic acids is 1. The lowest BCUT2D eigenvalue weighted by molar-refractivity contribution is -0.113. The Bertz CT molecular complexity index is 1020. The van der Waals surface area contributed by atoms with Crippen molar-refractivity contribution in [2.24, 2.45) is 0 Å². The minimum Gasteiger partial charge on any atom is -0.497 e. The van der Waals surface area contributed by atoms with E-state index in [1.54, 1.807) is 50.4 Å². The van der Waals surface area contributed by atoms with Crippen LogP contribution in [0.5, 0.6) is 11.5 Å². The Balaban J connectivity index is 1.98. The van der Waals surface area contributed by atoms with Gasteiger partial charge in [-0.15, -0.1) is 0 Å². The van der Waals surface area contributed by atoms with Gasteiger partial charge in [0.2, 0.25) is 0 Å². The first-order valence-electron chi connectivity index (χ1n) is 8.19. The summed E-state index contributed by atoms with van der Waals surface area (Å²) in [5.41, 5.74) is 1.88. The van der Waals surface area contributed by atoms with Crippen LogP contribution in [0.1, 0.15) is 21.5 Å². The molecule has 1 aliphatic rings. The number of hydrogen-bond donors (Lipinski definition) is 1. The van der Waals surface area contributed by atoms with Crippen LogP contribution in [0.3, 0.4) is 0 Å². The van der Waals surface area contributed by atoms with Crippen LogP contribution in [-0.2, 0) is 4.79 Å². The largest absolute Gasteiger partial charge is 0.497 e. The van der Waals surface area contributed by atoms with Gasteiger partial charge >= 0.3 is 5.97 Å². The van der Waals surface area contributed by atoms with Crippen molar-refractivity contribution in [2.45, 2.75) is 6.92 Å². The molecule has 6 nitrogen and oxygen atoms in total. The summed E-state index contributed by atoms with van der Waals surface area (Å²) >= 11 is 6.52. The lowest BCUT2D eigenvalue weighted by Crippen LogP contribution is -2.27. The monoisotopic (exact) mass is 415 g/mol. The van der Waals surface area contributed by atoms with Gasteiger partial charge in [-0.3, -0.25) is 9.69 Å². The van der Waals surface area contributed by atoms with E-state index >= 15 is 0 Å². The van der Waals surface area contributed by atoms with Crippen LogP contribution in [0.4, 0.5) is 5.69 Å². The van der Waals surface area contributed by atoms with Crippen LogP contribution < -0.4 is 14.4 Å². The third-order valence-corrected chi connectivity index (χ3v) is 5.53. The molecule has 0 bridgehead atoms. The van der Waals surface area contributed by atoms with E-state index in [0.29, 0.717) is 37.5 Å². The van der Waals surface area contributed by atoms with E-state index < -0.39 is 5.97 Å². The van der Waals surface area contributed by atoms with Crippen molar-refractivity contribution in [2.75, 3.05) is 19.1 Å². The number of methoxy groups -OCH3 is 2. The smallest absolute Gasteiger partial charge is 0.336 e. The van der Waals surface area contributed by atoms with Gasteiger partial charge in [-0.2, -0.15) is 0 Å². The molecule has 28 heavy (non-hydrogen) atoms. The second-order valence-corrected chi connectivity index (χ2v) is 7.61. The zero-order valence-electron chi connectivity index (χ0n) is 15.4. The third-order valence-electron chi connectivity index (χ3n) is 4.23. The molecule has 1 amide bonds. The number of aryl methyl sites for hydroxylation is 1. The van der Waals surface area contributed by atoms with E-state index in [9.17, 15) is 14.7 Å². The molecule has 0 spiro atoms. The number of thiocarbonyl (C=S) groups is 1. The second-order valence-electron chi connectivity index (χ2n) is 5.93. The zero-order chi connectivity index (χ0) is 20.4. The number of ether oxygens (including phenoxy) is 2. The first-order chi connectivity index (χ1) is 13.3. The molecule has 2 aromatic rings. The van der Waals surface area contributed by atoms with Gasteiger partial charge in [0.1, 0.15) is 11.5 Å². The standard InChI is InChI=1S/C20H17NO5S2/c1-11-4-6-13(9-15(11)19(23)24)21-18(22)17(28-20(21)27)8-12-5-7-14(25-2)10-16(12)26-3/h4-10H,1-3H3,(H,23,24)/b17-8-. The van der Waals surface area contributed by atoms with Crippen LogP contribution in [0.2, 0.25) is 0 Å². The number of nitrogens with zero attached hydrogens (tertiary/aromatic N) is 1. The van der Waals surface area contributed by atoms with Crippen molar-refractivity contribution < 1.29 is 24.2 Å².